The fourth-order valence-corrected chi connectivity index (χ4v) is 1.57. The van der Waals surface area contributed by atoms with E-state index in [9.17, 15) is 22.8 Å². The van der Waals surface area contributed by atoms with Crippen LogP contribution in [0, 0.1) is 0 Å². The van der Waals surface area contributed by atoms with Gasteiger partial charge in [0.15, 0.2) is 0 Å². The van der Waals surface area contributed by atoms with Crippen LogP contribution in [-0.4, -0.2) is 30.1 Å². The van der Waals surface area contributed by atoms with Crippen molar-refractivity contribution >= 4 is 17.5 Å². The highest BCUT2D eigenvalue weighted by Crippen LogP contribution is 2.32. The Kier molecular flexibility index (Phi) is 6.11. The smallest absolute Gasteiger partial charge is 0.396 e. The second kappa shape index (κ2) is 7.60. The van der Waals surface area contributed by atoms with Crippen LogP contribution in [0.1, 0.15) is 22.3 Å². The zero-order valence-corrected chi connectivity index (χ0v) is 11.5. The van der Waals surface area contributed by atoms with Crippen molar-refractivity contribution in [2.45, 2.75) is 12.6 Å². The van der Waals surface area contributed by atoms with Crippen LogP contribution in [0.15, 0.2) is 30.9 Å². The Morgan fingerprint density at radius 2 is 1.95 bits per heavy atom. The standard InChI is InChI=1S/C14H15F3N2O3/c1-2-12(21)19-11-7-9(13(22)18-4-3-5-20)6-10(8-11)14(15,16)17/h2,6-8,20H,1,3-5H2,(H,18,22)(H,19,21). The fraction of sp³-hybridized carbons (Fsp3) is 0.286. The first kappa shape index (κ1) is 17.7. The Morgan fingerprint density at radius 1 is 1.27 bits per heavy atom. The van der Waals surface area contributed by atoms with Crippen LogP contribution >= 0.6 is 0 Å². The van der Waals surface area contributed by atoms with E-state index < -0.39 is 23.6 Å². The number of hydrogen-bond donors (Lipinski definition) is 3. The summed E-state index contributed by atoms with van der Waals surface area (Å²) in [7, 11) is 0. The van der Waals surface area contributed by atoms with E-state index in [0.717, 1.165) is 18.2 Å². The number of anilines is 1. The molecule has 0 saturated carbocycles. The molecule has 0 saturated heterocycles. The normalized spacial score (nSPS) is 10.9. The molecule has 0 bridgehead atoms. The minimum atomic E-state index is -4.66. The van der Waals surface area contributed by atoms with Crippen molar-refractivity contribution in [3.63, 3.8) is 0 Å². The highest BCUT2D eigenvalue weighted by Gasteiger charge is 2.32. The Labute approximate surface area is 124 Å². The lowest BCUT2D eigenvalue weighted by Crippen LogP contribution is -2.25. The molecule has 120 valence electrons. The first-order valence-corrected chi connectivity index (χ1v) is 6.32. The molecule has 0 heterocycles. The zero-order chi connectivity index (χ0) is 16.8. The third-order valence-corrected chi connectivity index (χ3v) is 2.60. The number of nitrogens with one attached hydrogen (secondary N) is 2. The van der Waals surface area contributed by atoms with Crippen LogP contribution in [0.3, 0.4) is 0 Å². The predicted octanol–water partition coefficient (Wildman–Crippen LogP) is 1.94. The summed E-state index contributed by atoms with van der Waals surface area (Å²) in [5.74, 6) is -1.42. The summed E-state index contributed by atoms with van der Waals surface area (Å²) >= 11 is 0. The molecule has 0 fully saturated rings. The molecule has 0 aliphatic rings. The van der Waals surface area contributed by atoms with Crippen molar-refractivity contribution < 1.29 is 27.9 Å². The number of aliphatic hydroxyl groups is 1. The second-order valence-electron chi connectivity index (χ2n) is 4.32. The molecule has 8 heteroatoms. The van der Waals surface area contributed by atoms with E-state index in [1.807, 2.05) is 0 Å². The molecule has 0 aliphatic carbocycles. The van der Waals surface area contributed by atoms with E-state index in [0.29, 0.717) is 6.07 Å². The third-order valence-electron chi connectivity index (χ3n) is 2.60. The summed E-state index contributed by atoms with van der Waals surface area (Å²) in [6.07, 6.45) is -3.47. The minimum Gasteiger partial charge on any atom is -0.396 e. The van der Waals surface area contributed by atoms with Crippen LogP contribution in [0.4, 0.5) is 18.9 Å². The third kappa shape index (κ3) is 5.21. The molecule has 0 unspecified atom stereocenters. The summed E-state index contributed by atoms with van der Waals surface area (Å²) in [6, 6.07) is 2.55. The first-order chi connectivity index (χ1) is 10.3. The van der Waals surface area contributed by atoms with Crippen molar-refractivity contribution in [1.29, 1.82) is 0 Å². The minimum absolute atomic E-state index is 0.125. The van der Waals surface area contributed by atoms with Gasteiger partial charge in [0.2, 0.25) is 5.91 Å². The number of carbonyl (C=O) groups excluding carboxylic acids is 2. The number of hydrogen-bond acceptors (Lipinski definition) is 3. The number of amides is 2. The Hall–Kier alpha value is -2.35. The molecule has 0 spiro atoms. The molecular weight excluding hydrogens is 301 g/mol. The number of halogens is 3. The van der Waals surface area contributed by atoms with Gasteiger partial charge in [0.25, 0.3) is 5.91 Å². The molecule has 0 radical (unpaired) electrons. The van der Waals surface area contributed by atoms with Gasteiger partial charge in [0.05, 0.1) is 5.56 Å². The lowest BCUT2D eigenvalue weighted by atomic mass is 10.1. The molecule has 1 aromatic carbocycles. The van der Waals surface area contributed by atoms with Gasteiger partial charge in [-0.05, 0) is 30.7 Å². The average Bonchev–Trinajstić information content (AvgIpc) is 2.46. The highest BCUT2D eigenvalue weighted by molar-refractivity contribution is 6.01. The highest BCUT2D eigenvalue weighted by atomic mass is 19.4. The van der Waals surface area contributed by atoms with Crippen molar-refractivity contribution in [3.8, 4) is 0 Å². The van der Waals surface area contributed by atoms with Crippen molar-refractivity contribution in [3.05, 3.63) is 42.0 Å². The van der Waals surface area contributed by atoms with Crippen LogP contribution in [0.25, 0.3) is 0 Å². The SMILES string of the molecule is C=CC(=O)Nc1cc(C(=O)NCCCO)cc(C(F)(F)F)c1. The Bertz CT molecular complexity index is 571. The van der Waals surface area contributed by atoms with Gasteiger partial charge in [0.1, 0.15) is 0 Å². The van der Waals surface area contributed by atoms with E-state index in [-0.39, 0.29) is 30.8 Å². The topological polar surface area (TPSA) is 78.4 Å². The molecule has 2 amide bonds. The second-order valence-corrected chi connectivity index (χ2v) is 4.32. The van der Waals surface area contributed by atoms with Gasteiger partial charge < -0.3 is 15.7 Å². The van der Waals surface area contributed by atoms with Crippen LogP contribution in [0.2, 0.25) is 0 Å². The van der Waals surface area contributed by atoms with Crippen LogP contribution < -0.4 is 10.6 Å². The molecule has 0 atom stereocenters. The maximum Gasteiger partial charge on any atom is 0.416 e. The molecule has 1 rings (SSSR count). The maximum absolute atomic E-state index is 12.8. The average molecular weight is 316 g/mol. The number of benzene rings is 1. The first-order valence-electron chi connectivity index (χ1n) is 6.32. The molecular formula is C14H15F3N2O3. The summed E-state index contributed by atoms with van der Waals surface area (Å²) in [5.41, 5.74) is -1.46. The number of rotatable bonds is 6. The monoisotopic (exact) mass is 316 g/mol. The van der Waals surface area contributed by atoms with Crippen molar-refractivity contribution in [2.24, 2.45) is 0 Å². The van der Waals surface area contributed by atoms with Gasteiger partial charge in [-0.25, -0.2) is 0 Å². The summed E-state index contributed by atoms with van der Waals surface area (Å²) in [4.78, 5) is 23.0. The lowest BCUT2D eigenvalue weighted by Gasteiger charge is -2.12. The van der Waals surface area contributed by atoms with E-state index in [1.165, 1.54) is 0 Å². The molecule has 3 N–H and O–H groups in total. The van der Waals surface area contributed by atoms with Gasteiger partial charge in [-0.15, -0.1) is 0 Å². The Morgan fingerprint density at radius 3 is 2.50 bits per heavy atom. The molecule has 0 aromatic heterocycles. The molecule has 5 nitrogen and oxygen atoms in total. The zero-order valence-electron chi connectivity index (χ0n) is 11.5. The number of alkyl halides is 3. The van der Waals surface area contributed by atoms with Gasteiger partial charge in [-0.1, -0.05) is 6.58 Å². The quantitative estimate of drug-likeness (QED) is 0.554. The maximum atomic E-state index is 12.8. The Balaban J connectivity index is 3.09. The number of carbonyl (C=O) groups is 2. The lowest BCUT2D eigenvalue weighted by molar-refractivity contribution is -0.137. The van der Waals surface area contributed by atoms with Crippen molar-refractivity contribution in [2.75, 3.05) is 18.5 Å². The van der Waals surface area contributed by atoms with Crippen LogP contribution in [0.5, 0.6) is 0 Å². The summed E-state index contributed by atoms with van der Waals surface area (Å²) in [5, 5.41) is 13.2. The summed E-state index contributed by atoms with van der Waals surface area (Å²) < 4.78 is 38.5. The molecule has 0 aliphatic heterocycles. The predicted molar refractivity (Wildman–Crippen MR) is 74.3 cm³/mol. The molecule has 1 aromatic rings. The fourth-order valence-electron chi connectivity index (χ4n) is 1.57. The van der Waals surface area contributed by atoms with E-state index in [1.54, 1.807) is 0 Å². The van der Waals surface area contributed by atoms with Gasteiger partial charge in [0, 0.05) is 24.4 Å². The van der Waals surface area contributed by atoms with Crippen LogP contribution in [-0.2, 0) is 11.0 Å². The van der Waals surface area contributed by atoms with Gasteiger partial charge in [-0.2, -0.15) is 13.2 Å². The van der Waals surface area contributed by atoms with Crippen molar-refractivity contribution in [1.82, 2.24) is 5.32 Å². The van der Waals surface area contributed by atoms with Gasteiger partial charge >= 0.3 is 6.18 Å². The van der Waals surface area contributed by atoms with E-state index >= 15 is 0 Å². The molecule has 22 heavy (non-hydrogen) atoms. The van der Waals surface area contributed by atoms with E-state index in [4.69, 9.17) is 5.11 Å². The summed E-state index contributed by atoms with van der Waals surface area (Å²) in [6.45, 7) is 3.17. The van der Waals surface area contributed by atoms with Gasteiger partial charge in [-0.3, -0.25) is 9.59 Å². The number of aliphatic hydroxyl groups excluding tert-OH is 1. The van der Waals surface area contributed by atoms with E-state index in [2.05, 4.69) is 17.2 Å². The largest absolute Gasteiger partial charge is 0.416 e.